The molecule has 3 aromatic rings. The van der Waals surface area contributed by atoms with Gasteiger partial charge in [-0.25, -0.2) is 4.98 Å². The molecule has 2 aromatic carbocycles. The lowest BCUT2D eigenvalue weighted by atomic mass is 10.1. The molecule has 0 saturated carbocycles. The summed E-state index contributed by atoms with van der Waals surface area (Å²) in [5, 5.41) is 6.78. The zero-order valence-electron chi connectivity index (χ0n) is 18.5. The van der Waals surface area contributed by atoms with Crippen molar-refractivity contribution in [2.24, 2.45) is 4.99 Å². The topological polar surface area (TPSA) is 63.5 Å². The summed E-state index contributed by atoms with van der Waals surface area (Å²) in [6.07, 6.45) is 1.24. The molecular weight excluding hydrogens is 374 g/mol. The van der Waals surface area contributed by atoms with E-state index in [9.17, 15) is 0 Å². The molecule has 0 saturated heterocycles. The molecule has 6 heteroatoms. The third kappa shape index (κ3) is 6.07. The summed E-state index contributed by atoms with van der Waals surface area (Å²) in [5.74, 6) is 1.87. The molecule has 6 nitrogen and oxygen atoms in total. The Morgan fingerprint density at radius 3 is 2.53 bits per heavy atom. The van der Waals surface area contributed by atoms with Gasteiger partial charge in [-0.05, 0) is 50.5 Å². The van der Waals surface area contributed by atoms with Crippen LogP contribution in [0.2, 0.25) is 0 Å². The minimum absolute atomic E-state index is 0.247. The molecule has 0 aliphatic heterocycles. The summed E-state index contributed by atoms with van der Waals surface area (Å²) in [4.78, 5) is 8.96. The highest BCUT2D eigenvalue weighted by molar-refractivity contribution is 5.79. The van der Waals surface area contributed by atoms with Gasteiger partial charge < -0.3 is 19.9 Å². The van der Waals surface area contributed by atoms with E-state index in [1.165, 1.54) is 16.6 Å². The monoisotopic (exact) mass is 407 g/mol. The fourth-order valence-corrected chi connectivity index (χ4v) is 3.34. The molecule has 2 N–H and O–H groups in total. The van der Waals surface area contributed by atoms with Crippen molar-refractivity contribution >= 4 is 17.0 Å². The average molecular weight is 408 g/mol. The predicted molar refractivity (Wildman–Crippen MR) is 124 cm³/mol. The second kappa shape index (κ2) is 10.8. The van der Waals surface area contributed by atoms with E-state index in [1.807, 2.05) is 6.07 Å². The van der Waals surface area contributed by atoms with Gasteiger partial charge in [-0.1, -0.05) is 36.4 Å². The second-order valence-corrected chi connectivity index (χ2v) is 7.68. The van der Waals surface area contributed by atoms with Gasteiger partial charge in [0.15, 0.2) is 5.96 Å². The number of nitrogens with one attached hydrogen (secondary N) is 2. The summed E-state index contributed by atoms with van der Waals surface area (Å²) in [6.45, 7) is 9.32. The van der Waals surface area contributed by atoms with Gasteiger partial charge in [-0.3, -0.25) is 4.99 Å². The van der Waals surface area contributed by atoms with Crippen molar-refractivity contribution in [1.29, 1.82) is 0 Å². The third-order valence-corrected chi connectivity index (χ3v) is 4.99. The Morgan fingerprint density at radius 2 is 1.80 bits per heavy atom. The van der Waals surface area contributed by atoms with E-state index in [-0.39, 0.29) is 6.10 Å². The quantitative estimate of drug-likeness (QED) is 0.319. The lowest BCUT2D eigenvalue weighted by molar-refractivity contribution is 0.0657. The molecule has 3 rings (SSSR count). The molecule has 0 fully saturated rings. The third-order valence-electron chi connectivity index (χ3n) is 4.99. The normalized spacial score (nSPS) is 12.0. The molecule has 0 bridgehead atoms. The van der Waals surface area contributed by atoms with E-state index < -0.39 is 0 Å². The van der Waals surface area contributed by atoms with Crippen molar-refractivity contribution in [2.75, 3.05) is 13.6 Å². The number of benzene rings is 2. The minimum Gasteiger partial charge on any atom is -0.374 e. The van der Waals surface area contributed by atoms with Crippen LogP contribution in [0.25, 0.3) is 11.0 Å². The summed E-state index contributed by atoms with van der Waals surface area (Å²) >= 11 is 0. The molecule has 30 heavy (non-hydrogen) atoms. The number of para-hydroxylation sites is 2. The van der Waals surface area contributed by atoms with Crippen LogP contribution in [0.3, 0.4) is 0 Å². The number of hydrogen-bond donors (Lipinski definition) is 2. The molecule has 0 radical (unpaired) electrons. The number of nitrogens with zero attached hydrogens (tertiary/aromatic N) is 3. The number of imidazole rings is 1. The van der Waals surface area contributed by atoms with Crippen LogP contribution in [-0.4, -0.2) is 35.2 Å². The van der Waals surface area contributed by atoms with Crippen molar-refractivity contribution in [2.45, 2.75) is 53.0 Å². The Labute approximate surface area is 179 Å². The van der Waals surface area contributed by atoms with Crippen molar-refractivity contribution in [3.63, 3.8) is 0 Å². The first kappa shape index (κ1) is 21.8. The van der Waals surface area contributed by atoms with Crippen molar-refractivity contribution in [3.8, 4) is 0 Å². The van der Waals surface area contributed by atoms with Crippen LogP contribution in [0, 0.1) is 6.92 Å². The summed E-state index contributed by atoms with van der Waals surface area (Å²) in [7, 11) is 1.80. The average Bonchev–Trinajstić information content (AvgIpc) is 3.07. The van der Waals surface area contributed by atoms with Crippen molar-refractivity contribution < 1.29 is 4.74 Å². The predicted octanol–water partition coefficient (Wildman–Crippen LogP) is 4.03. The lowest BCUT2D eigenvalue weighted by Crippen LogP contribution is -2.37. The summed E-state index contributed by atoms with van der Waals surface area (Å²) in [6, 6.07) is 16.8. The highest BCUT2D eigenvalue weighted by Gasteiger charge is 2.06. The molecule has 0 spiro atoms. The van der Waals surface area contributed by atoms with Crippen LogP contribution in [0.4, 0.5) is 0 Å². The van der Waals surface area contributed by atoms with Gasteiger partial charge in [0.25, 0.3) is 0 Å². The maximum Gasteiger partial charge on any atom is 0.191 e. The summed E-state index contributed by atoms with van der Waals surface area (Å²) < 4.78 is 7.92. The molecule has 0 aliphatic carbocycles. The molecule has 160 valence electrons. The summed E-state index contributed by atoms with van der Waals surface area (Å²) in [5.41, 5.74) is 4.66. The molecular formula is C24H33N5O. The number of ether oxygens (including phenoxy) is 1. The largest absolute Gasteiger partial charge is 0.374 e. The highest BCUT2D eigenvalue weighted by atomic mass is 16.5. The fourth-order valence-electron chi connectivity index (χ4n) is 3.34. The first-order chi connectivity index (χ1) is 14.6. The van der Waals surface area contributed by atoms with Crippen LogP contribution in [0.1, 0.15) is 37.2 Å². The molecule has 1 aromatic heterocycles. The molecule has 0 amide bonds. The van der Waals surface area contributed by atoms with Gasteiger partial charge in [-0.2, -0.15) is 0 Å². The van der Waals surface area contributed by atoms with Gasteiger partial charge >= 0.3 is 0 Å². The van der Waals surface area contributed by atoms with Crippen molar-refractivity contribution in [3.05, 3.63) is 65.5 Å². The fraction of sp³-hybridized carbons (Fsp3) is 0.417. The van der Waals surface area contributed by atoms with Gasteiger partial charge in [0.05, 0.1) is 23.7 Å². The van der Waals surface area contributed by atoms with Gasteiger partial charge in [-0.15, -0.1) is 0 Å². The van der Waals surface area contributed by atoms with Crippen LogP contribution in [0.5, 0.6) is 0 Å². The standard InChI is InChI=1S/C24H33N5O/c1-18(2)30-17-21-12-10-20(11-13-21)16-27-24(25-4)26-14-7-15-29-19(3)28-22-8-5-6-9-23(22)29/h5-6,8-13,18H,7,14-17H2,1-4H3,(H2,25,26,27). The maximum atomic E-state index is 5.65. The first-order valence-corrected chi connectivity index (χ1v) is 10.6. The van der Waals surface area contributed by atoms with E-state index in [4.69, 9.17) is 4.74 Å². The highest BCUT2D eigenvalue weighted by Crippen LogP contribution is 2.15. The van der Waals surface area contributed by atoms with Crippen LogP contribution in [-0.2, 0) is 24.4 Å². The molecule has 1 heterocycles. The lowest BCUT2D eigenvalue weighted by Gasteiger charge is -2.13. The number of guanidine groups is 1. The van der Waals surface area contributed by atoms with Gasteiger partial charge in [0.1, 0.15) is 5.82 Å². The SMILES string of the molecule is CN=C(NCCCn1c(C)nc2ccccc21)NCc1ccc(COC(C)C)cc1. The number of fused-ring (bicyclic) bond motifs is 1. The van der Waals surface area contributed by atoms with E-state index in [1.54, 1.807) is 7.05 Å². The van der Waals surface area contributed by atoms with E-state index in [0.29, 0.717) is 6.61 Å². The smallest absolute Gasteiger partial charge is 0.191 e. The van der Waals surface area contributed by atoms with E-state index >= 15 is 0 Å². The zero-order chi connectivity index (χ0) is 21.3. The molecule has 0 atom stereocenters. The van der Waals surface area contributed by atoms with Crippen LogP contribution >= 0.6 is 0 Å². The zero-order valence-corrected chi connectivity index (χ0v) is 18.5. The number of aliphatic imine (C=N–C) groups is 1. The Balaban J connectivity index is 1.42. The van der Waals surface area contributed by atoms with Crippen molar-refractivity contribution in [1.82, 2.24) is 20.2 Å². The van der Waals surface area contributed by atoms with Gasteiger partial charge in [0, 0.05) is 26.7 Å². The molecule has 0 aliphatic rings. The second-order valence-electron chi connectivity index (χ2n) is 7.68. The Bertz CT molecular complexity index is 959. The Kier molecular flexibility index (Phi) is 7.85. The number of aryl methyl sites for hydroxylation is 2. The number of aromatic nitrogens is 2. The van der Waals surface area contributed by atoms with E-state index in [2.05, 4.69) is 88.4 Å². The number of rotatable bonds is 9. The Hall–Kier alpha value is -2.86. The van der Waals surface area contributed by atoms with Gasteiger partial charge in [0.2, 0.25) is 0 Å². The number of hydrogen-bond acceptors (Lipinski definition) is 3. The maximum absolute atomic E-state index is 5.65. The minimum atomic E-state index is 0.247. The Morgan fingerprint density at radius 1 is 1.07 bits per heavy atom. The first-order valence-electron chi connectivity index (χ1n) is 10.6. The van der Waals surface area contributed by atoms with Crippen LogP contribution < -0.4 is 10.6 Å². The van der Waals surface area contributed by atoms with Crippen LogP contribution in [0.15, 0.2) is 53.5 Å². The molecule has 0 unspecified atom stereocenters. The van der Waals surface area contributed by atoms with E-state index in [0.717, 1.165) is 43.4 Å².